The highest BCUT2D eigenvalue weighted by molar-refractivity contribution is 5.79. The zero-order chi connectivity index (χ0) is 19.4. The van der Waals surface area contributed by atoms with Crippen LogP contribution in [0.4, 0.5) is 4.79 Å². The number of carbonyl (C=O) groups excluding carboxylic acids is 1. The molecule has 0 saturated carbocycles. The Morgan fingerprint density at radius 3 is 2.11 bits per heavy atom. The summed E-state index contributed by atoms with van der Waals surface area (Å²) in [5, 5.41) is 11.7. The average molecular weight is 367 g/mol. The fraction of sp³-hybridized carbons (Fsp3) is 0.364. The highest BCUT2D eigenvalue weighted by Crippen LogP contribution is 2.44. The van der Waals surface area contributed by atoms with E-state index >= 15 is 0 Å². The van der Waals surface area contributed by atoms with Crippen LogP contribution in [0, 0.1) is 5.92 Å². The SMILES string of the molecule is CC(C)[C@H](CCC(=O)O)NC(=O)OCC1c2ccccc2-c2ccccc21. The van der Waals surface area contributed by atoms with E-state index in [0.717, 1.165) is 11.1 Å². The van der Waals surface area contributed by atoms with Crippen molar-refractivity contribution in [3.05, 3.63) is 59.7 Å². The van der Waals surface area contributed by atoms with E-state index in [9.17, 15) is 9.59 Å². The van der Waals surface area contributed by atoms with Gasteiger partial charge in [0.15, 0.2) is 0 Å². The lowest BCUT2D eigenvalue weighted by molar-refractivity contribution is -0.137. The topological polar surface area (TPSA) is 75.6 Å². The van der Waals surface area contributed by atoms with E-state index in [2.05, 4.69) is 29.6 Å². The second-order valence-corrected chi connectivity index (χ2v) is 7.25. The number of hydrogen-bond acceptors (Lipinski definition) is 3. The Morgan fingerprint density at radius 2 is 1.59 bits per heavy atom. The van der Waals surface area contributed by atoms with Gasteiger partial charge in [-0.25, -0.2) is 4.79 Å². The van der Waals surface area contributed by atoms with Crippen LogP contribution in [0.5, 0.6) is 0 Å². The largest absolute Gasteiger partial charge is 0.481 e. The number of ether oxygens (including phenoxy) is 1. The van der Waals surface area contributed by atoms with Gasteiger partial charge in [0, 0.05) is 18.4 Å². The third-order valence-electron chi connectivity index (χ3n) is 5.12. The normalized spacial score (nSPS) is 13.7. The minimum atomic E-state index is -0.866. The molecule has 0 aliphatic heterocycles. The summed E-state index contributed by atoms with van der Waals surface area (Å²) in [5.41, 5.74) is 4.70. The molecule has 0 unspecified atom stereocenters. The molecule has 5 heteroatoms. The quantitative estimate of drug-likeness (QED) is 0.760. The van der Waals surface area contributed by atoms with Gasteiger partial charge in [-0.15, -0.1) is 0 Å². The zero-order valence-electron chi connectivity index (χ0n) is 15.6. The van der Waals surface area contributed by atoms with E-state index in [0.29, 0.717) is 6.42 Å². The smallest absolute Gasteiger partial charge is 0.407 e. The molecule has 0 spiro atoms. The van der Waals surface area contributed by atoms with E-state index in [4.69, 9.17) is 9.84 Å². The lowest BCUT2D eigenvalue weighted by Crippen LogP contribution is -2.39. The van der Waals surface area contributed by atoms with E-state index in [-0.39, 0.29) is 30.9 Å². The van der Waals surface area contributed by atoms with Gasteiger partial charge >= 0.3 is 12.1 Å². The summed E-state index contributed by atoms with van der Waals surface area (Å²) in [4.78, 5) is 23.1. The summed E-state index contributed by atoms with van der Waals surface area (Å²) < 4.78 is 5.53. The van der Waals surface area contributed by atoms with Crippen LogP contribution < -0.4 is 5.32 Å². The minimum absolute atomic E-state index is 0.0136. The number of fused-ring (bicyclic) bond motifs is 3. The van der Waals surface area contributed by atoms with Crippen LogP contribution in [0.1, 0.15) is 43.7 Å². The lowest BCUT2D eigenvalue weighted by atomic mass is 9.98. The third kappa shape index (κ3) is 4.30. The molecule has 0 heterocycles. The Labute approximate surface area is 159 Å². The number of aliphatic carboxylic acids is 1. The molecule has 3 rings (SSSR count). The fourth-order valence-corrected chi connectivity index (χ4v) is 3.64. The first-order valence-electron chi connectivity index (χ1n) is 9.30. The van der Waals surface area contributed by atoms with Gasteiger partial charge in [0.1, 0.15) is 6.61 Å². The van der Waals surface area contributed by atoms with Gasteiger partial charge in [-0.1, -0.05) is 62.4 Å². The maximum absolute atomic E-state index is 12.3. The maximum Gasteiger partial charge on any atom is 0.407 e. The number of carboxylic acids is 1. The van der Waals surface area contributed by atoms with Crippen LogP contribution in [-0.2, 0) is 9.53 Å². The molecule has 0 radical (unpaired) electrons. The summed E-state index contributed by atoms with van der Waals surface area (Å²) in [7, 11) is 0. The number of nitrogens with one attached hydrogen (secondary N) is 1. The number of hydrogen-bond donors (Lipinski definition) is 2. The Kier molecular flexibility index (Phi) is 5.79. The van der Waals surface area contributed by atoms with E-state index < -0.39 is 12.1 Å². The number of carboxylic acid groups (broad SMARTS) is 1. The highest BCUT2D eigenvalue weighted by Gasteiger charge is 2.29. The number of alkyl carbamates (subject to hydrolysis) is 1. The minimum Gasteiger partial charge on any atom is -0.481 e. The summed E-state index contributed by atoms with van der Waals surface area (Å²) in [6.07, 6.45) is -0.0927. The number of amides is 1. The number of rotatable bonds is 7. The van der Waals surface area contributed by atoms with Gasteiger partial charge in [-0.2, -0.15) is 0 Å². The maximum atomic E-state index is 12.3. The third-order valence-corrected chi connectivity index (χ3v) is 5.12. The van der Waals surface area contributed by atoms with Crippen LogP contribution in [0.15, 0.2) is 48.5 Å². The van der Waals surface area contributed by atoms with Gasteiger partial charge in [-0.3, -0.25) is 4.79 Å². The van der Waals surface area contributed by atoms with Gasteiger partial charge in [0.25, 0.3) is 0 Å². The molecular formula is C22H25NO4. The van der Waals surface area contributed by atoms with Crippen molar-refractivity contribution < 1.29 is 19.4 Å². The van der Waals surface area contributed by atoms with Crippen molar-refractivity contribution in [2.24, 2.45) is 5.92 Å². The van der Waals surface area contributed by atoms with Crippen LogP contribution >= 0.6 is 0 Å². The summed E-state index contributed by atoms with van der Waals surface area (Å²) in [6, 6.07) is 16.1. The van der Waals surface area contributed by atoms with Crippen molar-refractivity contribution in [2.75, 3.05) is 6.61 Å². The van der Waals surface area contributed by atoms with Crippen molar-refractivity contribution in [1.82, 2.24) is 5.32 Å². The van der Waals surface area contributed by atoms with Crippen LogP contribution in [0.3, 0.4) is 0 Å². The van der Waals surface area contributed by atoms with Gasteiger partial charge in [0.05, 0.1) is 0 Å². The van der Waals surface area contributed by atoms with Crippen molar-refractivity contribution in [1.29, 1.82) is 0 Å². The number of carbonyl (C=O) groups is 2. The van der Waals surface area contributed by atoms with E-state index in [1.165, 1.54) is 11.1 Å². The molecular weight excluding hydrogens is 342 g/mol. The molecule has 0 saturated heterocycles. The van der Waals surface area contributed by atoms with Gasteiger partial charge in [-0.05, 0) is 34.6 Å². The molecule has 1 atom stereocenters. The Hall–Kier alpha value is -2.82. The first-order valence-corrected chi connectivity index (χ1v) is 9.30. The Morgan fingerprint density at radius 1 is 1.04 bits per heavy atom. The van der Waals surface area contributed by atoms with Crippen molar-refractivity contribution in [3.8, 4) is 11.1 Å². The van der Waals surface area contributed by atoms with Crippen LogP contribution in [-0.4, -0.2) is 29.8 Å². The van der Waals surface area contributed by atoms with Crippen molar-refractivity contribution >= 4 is 12.1 Å². The van der Waals surface area contributed by atoms with Gasteiger partial charge in [0.2, 0.25) is 0 Å². The second-order valence-electron chi connectivity index (χ2n) is 7.25. The van der Waals surface area contributed by atoms with Crippen molar-refractivity contribution in [3.63, 3.8) is 0 Å². The summed E-state index contributed by atoms with van der Waals surface area (Å²) >= 11 is 0. The fourth-order valence-electron chi connectivity index (χ4n) is 3.64. The van der Waals surface area contributed by atoms with Crippen LogP contribution in [0.25, 0.3) is 11.1 Å². The summed E-state index contributed by atoms with van der Waals surface area (Å²) in [6.45, 7) is 4.16. The summed E-state index contributed by atoms with van der Waals surface area (Å²) in [5.74, 6) is -0.723. The van der Waals surface area contributed by atoms with Crippen molar-refractivity contribution in [2.45, 2.75) is 38.6 Å². The Balaban J connectivity index is 1.66. The first-order chi connectivity index (χ1) is 13.0. The highest BCUT2D eigenvalue weighted by atomic mass is 16.5. The molecule has 2 aromatic rings. The monoisotopic (exact) mass is 367 g/mol. The molecule has 1 aliphatic rings. The molecule has 2 N–H and O–H groups in total. The predicted molar refractivity (Wildman–Crippen MR) is 104 cm³/mol. The molecule has 0 fully saturated rings. The lowest BCUT2D eigenvalue weighted by Gasteiger charge is -2.22. The molecule has 0 aromatic heterocycles. The molecule has 1 aliphatic carbocycles. The predicted octanol–water partition coefficient (Wildman–Crippen LogP) is 4.41. The number of benzene rings is 2. The van der Waals surface area contributed by atoms with E-state index in [1.807, 2.05) is 38.1 Å². The zero-order valence-corrected chi connectivity index (χ0v) is 15.6. The Bertz CT molecular complexity index is 785. The first kappa shape index (κ1) is 19.0. The second kappa shape index (κ2) is 8.25. The molecule has 0 bridgehead atoms. The molecule has 1 amide bonds. The standard InChI is InChI=1S/C22H25NO4/c1-14(2)20(11-12-21(24)25)23-22(26)27-13-19-17-9-5-3-7-15(17)16-8-4-6-10-18(16)19/h3-10,14,19-20H,11-13H2,1-2H3,(H,23,26)(H,24,25)/t20-/m0/s1. The molecule has 142 valence electrons. The van der Waals surface area contributed by atoms with Crippen LogP contribution in [0.2, 0.25) is 0 Å². The average Bonchev–Trinajstić information content (AvgIpc) is 2.97. The van der Waals surface area contributed by atoms with E-state index in [1.54, 1.807) is 0 Å². The molecule has 2 aromatic carbocycles. The molecule has 27 heavy (non-hydrogen) atoms. The molecule has 5 nitrogen and oxygen atoms in total. The van der Waals surface area contributed by atoms with Gasteiger partial charge < -0.3 is 15.2 Å².